The number of rotatable bonds is 39. The largest absolute Gasteiger partial charge is 0.462 e. The second-order valence-electron chi connectivity index (χ2n) is 15.1. The molecule has 0 aromatic carbocycles. The molecule has 0 radical (unpaired) electrons. The van der Waals surface area contributed by atoms with E-state index in [0.29, 0.717) is 19.3 Å². The minimum Gasteiger partial charge on any atom is -0.462 e. The number of hydrogen-bond acceptors (Lipinski definition) is 5. The lowest BCUT2D eigenvalue weighted by molar-refractivity contribution is -0.150. The highest BCUT2D eigenvalue weighted by molar-refractivity contribution is 5.77. The van der Waals surface area contributed by atoms with Gasteiger partial charge in [0.25, 0.3) is 0 Å². The smallest absolute Gasteiger partial charge is 0.306 e. The van der Waals surface area contributed by atoms with Crippen molar-refractivity contribution in [3.63, 3.8) is 0 Å². The monoisotopic (exact) mass is 768 g/mol. The third kappa shape index (κ3) is 38.0. The predicted octanol–water partition coefficient (Wildman–Crippen LogP) is 13.1. The van der Waals surface area contributed by atoms with Crippen molar-refractivity contribution < 1.29 is 24.5 Å². The van der Waals surface area contributed by atoms with Crippen molar-refractivity contribution in [2.24, 2.45) is 0 Å². The molecule has 316 valence electrons. The molecule has 0 aromatic heterocycles. The zero-order valence-electron chi connectivity index (χ0n) is 35.8. The van der Waals surface area contributed by atoms with Crippen molar-refractivity contribution >= 4 is 11.9 Å². The summed E-state index contributed by atoms with van der Waals surface area (Å²) in [5, 5.41) is 23.6. The van der Waals surface area contributed by atoms with Gasteiger partial charge in [-0.25, -0.2) is 0 Å². The number of allylic oxidation sites excluding steroid dienone is 12. The Balaban J connectivity index is 4.62. The van der Waals surface area contributed by atoms with Crippen LogP contribution in [0, 0.1) is 0 Å². The highest BCUT2D eigenvalue weighted by atomic mass is 16.5. The molecule has 55 heavy (non-hydrogen) atoms. The molecule has 0 saturated heterocycles. The highest BCUT2D eigenvalue weighted by Crippen LogP contribution is 2.16. The molecule has 3 atom stereocenters. The fourth-order valence-electron chi connectivity index (χ4n) is 6.36. The van der Waals surface area contributed by atoms with Crippen LogP contribution in [0.4, 0.5) is 0 Å². The zero-order chi connectivity index (χ0) is 40.3. The van der Waals surface area contributed by atoms with Gasteiger partial charge < -0.3 is 20.3 Å². The van der Waals surface area contributed by atoms with Crippen LogP contribution in [0.3, 0.4) is 0 Å². The number of ether oxygens (including phenoxy) is 1. The topological polar surface area (TPSA) is 95.9 Å². The summed E-state index contributed by atoms with van der Waals surface area (Å²) in [4.78, 5) is 25.9. The van der Waals surface area contributed by atoms with Crippen LogP contribution < -0.4 is 5.32 Å². The normalized spacial score (nSPS) is 14.1. The fourth-order valence-corrected chi connectivity index (χ4v) is 6.36. The van der Waals surface area contributed by atoms with Crippen molar-refractivity contribution in [3.05, 3.63) is 72.9 Å². The first-order chi connectivity index (χ1) is 27.0. The Kier molecular flexibility index (Phi) is 40.4. The third-order valence-corrected chi connectivity index (χ3v) is 9.76. The lowest BCUT2D eigenvalue weighted by Gasteiger charge is -2.24. The van der Waals surface area contributed by atoms with Crippen molar-refractivity contribution in [2.45, 2.75) is 219 Å². The molecule has 0 aliphatic heterocycles. The van der Waals surface area contributed by atoms with E-state index in [1.807, 2.05) is 6.08 Å². The SMILES string of the molecule is CC/C=C/C/C=C/C/C=C/C/C=C/C/C=C/CCC(=O)OC(CCCCC/C=C\CCC)CC(=O)NC(CO)C(O)CCCCCCCCCCCCCC. The first kappa shape index (κ1) is 52.3. The van der Waals surface area contributed by atoms with E-state index in [1.165, 1.54) is 57.8 Å². The van der Waals surface area contributed by atoms with E-state index in [1.54, 1.807) is 0 Å². The molecule has 3 unspecified atom stereocenters. The van der Waals surface area contributed by atoms with Gasteiger partial charge in [0.05, 0.1) is 25.2 Å². The standard InChI is InChI=1S/C49H85NO5/c1-4-7-10-13-16-19-21-23-24-25-26-28-30-33-36-39-42-49(54)55-45(40-37-34-31-18-15-12-9-6-3)43-48(53)50-46(44-51)47(52)41-38-35-32-29-27-22-20-17-14-11-8-5-2/h7,10,12,15-16,19,23-24,26,28,33,36,45-47,51-52H,4-6,8-9,11,13-14,17-18,20-22,25,27,29-32,34-35,37-44H2,1-3H3,(H,50,53)/b10-7+,15-12-,19-16+,24-23+,28-26+,36-33+. The summed E-state index contributed by atoms with van der Waals surface area (Å²) in [5.74, 6) is -0.599. The Bertz CT molecular complexity index is 1040. The van der Waals surface area contributed by atoms with Gasteiger partial charge in [0.2, 0.25) is 5.91 Å². The summed E-state index contributed by atoms with van der Waals surface area (Å²) in [6.07, 6.45) is 52.6. The van der Waals surface area contributed by atoms with Crippen LogP contribution in [-0.2, 0) is 14.3 Å². The lowest BCUT2D eigenvalue weighted by Crippen LogP contribution is -2.46. The van der Waals surface area contributed by atoms with E-state index in [0.717, 1.165) is 89.9 Å². The second-order valence-corrected chi connectivity index (χ2v) is 15.1. The van der Waals surface area contributed by atoms with Crippen LogP contribution in [0.2, 0.25) is 0 Å². The summed E-state index contributed by atoms with van der Waals surface area (Å²) < 4.78 is 5.83. The van der Waals surface area contributed by atoms with E-state index in [2.05, 4.69) is 92.9 Å². The van der Waals surface area contributed by atoms with Crippen LogP contribution >= 0.6 is 0 Å². The number of hydrogen-bond donors (Lipinski definition) is 3. The quantitative estimate of drug-likeness (QED) is 0.0329. The Morgan fingerprint density at radius 1 is 0.545 bits per heavy atom. The molecule has 6 nitrogen and oxygen atoms in total. The van der Waals surface area contributed by atoms with E-state index < -0.39 is 18.2 Å². The average molecular weight is 768 g/mol. The molecule has 0 aliphatic carbocycles. The third-order valence-electron chi connectivity index (χ3n) is 9.76. The van der Waals surface area contributed by atoms with E-state index in [-0.39, 0.29) is 31.3 Å². The average Bonchev–Trinajstić information content (AvgIpc) is 3.18. The van der Waals surface area contributed by atoms with E-state index in [4.69, 9.17) is 4.74 Å². The maximum Gasteiger partial charge on any atom is 0.306 e. The van der Waals surface area contributed by atoms with E-state index in [9.17, 15) is 19.8 Å². The van der Waals surface area contributed by atoms with E-state index >= 15 is 0 Å². The number of carbonyl (C=O) groups is 2. The molecular formula is C49H85NO5. The Morgan fingerprint density at radius 2 is 1.02 bits per heavy atom. The first-order valence-corrected chi connectivity index (χ1v) is 22.7. The summed E-state index contributed by atoms with van der Waals surface area (Å²) in [6, 6.07) is -0.721. The van der Waals surface area contributed by atoms with Crippen LogP contribution in [0.25, 0.3) is 0 Å². The molecule has 0 saturated carbocycles. The number of unbranched alkanes of at least 4 members (excludes halogenated alkanes) is 15. The van der Waals surface area contributed by atoms with Crippen molar-refractivity contribution in [1.29, 1.82) is 0 Å². The first-order valence-electron chi connectivity index (χ1n) is 22.7. The van der Waals surface area contributed by atoms with Gasteiger partial charge in [0.1, 0.15) is 6.10 Å². The fraction of sp³-hybridized carbons (Fsp3) is 0.714. The van der Waals surface area contributed by atoms with Gasteiger partial charge in [-0.15, -0.1) is 0 Å². The minimum absolute atomic E-state index is 0.0334. The summed E-state index contributed by atoms with van der Waals surface area (Å²) in [5.41, 5.74) is 0. The second kappa shape index (κ2) is 42.4. The van der Waals surface area contributed by atoms with Gasteiger partial charge >= 0.3 is 5.97 Å². The maximum atomic E-state index is 13.1. The minimum atomic E-state index is -0.803. The van der Waals surface area contributed by atoms with Gasteiger partial charge in [-0.05, 0) is 77.0 Å². The number of esters is 1. The highest BCUT2D eigenvalue weighted by Gasteiger charge is 2.23. The van der Waals surface area contributed by atoms with Crippen molar-refractivity contribution in [2.75, 3.05) is 6.61 Å². The molecule has 0 rings (SSSR count). The van der Waals surface area contributed by atoms with Crippen molar-refractivity contribution in [3.8, 4) is 0 Å². The molecular weight excluding hydrogens is 683 g/mol. The van der Waals surface area contributed by atoms with Crippen LogP contribution in [-0.4, -0.2) is 46.9 Å². The predicted molar refractivity (Wildman–Crippen MR) is 236 cm³/mol. The number of amides is 1. The molecule has 0 spiro atoms. The number of carbonyl (C=O) groups excluding carboxylic acids is 2. The molecule has 0 fully saturated rings. The summed E-state index contributed by atoms with van der Waals surface area (Å²) in [6.45, 7) is 6.25. The lowest BCUT2D eigenvalue weighted by atomic mass is 10.0. The van der Waals surface area contributed by atoms with Gasteiger partial charge in [-0.2, -0.15) is 0 Å². The zero-order valence-corrected chi connectivity index (χ0v) is 35.8. The Hall–Kier alpha value is -2.70. The van der Waals surface area contributed by atoms with Crippen LogP contribution in [0.1, 0.15) is 201 Å². The molecule has 0 bridgehead atoms. The number of aliphatic hydroxyl groups is 2. The Morgan fingerprint density at radius 3 is 1.56 bits per heavy atom. The maximum absolute atomic E-state index is 13.1. The molecule has 0 aliphatic rings. The molecule has 0 aromatic rings. The molecule has 3 N–H and O–H groups in total. The molecule has 1 amide bonds. The van der Waals surface area contributed by atoms with Gasteiger partial charge in [-0.3, -0.25) is 9.59 Å². The number of nitrogens with one attached hydrogen (secondary N) is 1. The molecule has 0 heterocycles. The van der Waals surface area contributed by atoms with Gasteiger partial charge in [-0.1, -0.05) is 184 Å². The molecule has 6 heteroatoms. The summed E-state index contributed by atoms with van der Waals surface area (Å²) in [7, 11) is 0. The Labute approximate surface area is 339 Å². The van der Waals surface area contributed by atoms with Crippen LogP contribution in [0.5, 0.6) is 0 Å². The van der Waals surface area contributed by atoms with Gasteiger partial charge in [0, 0.05) is 6.42 Å². The number of aliphatic hydroxyl groups excluding tert-OH is 2. The van der Waals surface area contributed by atoms with Crippen molar-refractivity contribution in [1.82, 2.24) is 5.32 Å². The van der Waals surface area contributed by atoms with Crippen LogP contribution in [0.15, 0.2) is 72.9 Å². The summed E-state index contributed by atoms with van der Waals surface area (Å²) >= 11 is 0. The van der Waals surface area contributed by atoms with Gasteiger partial charge in [0.15, 0.2) is 0 Å².